The number of carboxylic acids is 1. The van der Waals surface area contributed by atoms with Crippen molar-refractivity contribution in [2.24, 2.45) is 0 Å². The maximum Gasteiger partial charge on any atom is 0.328 e. The molecule has 120 valence electrons. The predicted octanol–water partition coefficient (Wildman–Crippen LogP) is 3.39. The third-order valence-electron chi connectivity index (χ3n) is 3.19. The van der Waals surface area contributed by atoms with E-state index in [0.717, 1.165) is 10.6 Å². The van der Waals surface area contributed by atoms with Crippen LogP contribution in [0.2, 0.25) is 5.02 Å². The minimum Gasteiger partial charge on any atom is -0.480 e. The van der Waals surface area contributed by atoms with Gasteiger partial charge in [-0.05, 0) is 36.8 Å². The molecule has 0 bridgehead atoms. The highest BCUT2D eigenvalue weighted by molar-refractivity contribution is 6.30. The van der Waals surface area contributed by atoms with E-state index >= 15 is 0 Å². The van der Waals surface area contributed by atoms with Crippen LogP contribution in [0.25, 0.3) is 0 Å². The zero-order valence-corrected chi connectivity index (χ0v) is 13.2. The summed E-state index contributed by atoms with van der Waals surface area (Å²) in [5.41, 5.74) is 1.09. The maximum absolute atomic E-state index is 12.5. The minimum atomic E-state index is -1.15. The molecule has 0 radical (unpaired) electrons. The lowest BCUT2D eigenvalue weighted by Crippen LogP contribution is -2.43. The average Bonchev–Trinajstić information content (AvgIpc) is 2.55. The molecule has 0 fully saturated rings. The van der Waals surface area contributed by atoms with Crippen LogP contribution in [0.4, 0.5) is 0 Å². The summed E-state index contributed by atoms with van der Waals surface area (Å²) in [7, 11) is 0. The van der Waals surface area contributed by atoms with Crippen LogP contribution >= 0.6 is 11.6 Å². The molecule has 0 spiro atoms. The lowest BCUT2D eigenvalue weighted by molar-refractivity contribution is -0.178. The van der Waals surface area contributed by atoms with Crippen LogP contribution < -0.4 is 0 Å². The van der Waals surface area contributed by atoms with Crippen molar-refractivity contribution in [3.05, 3.63) is 70.7 Å². The molecule has 5 nitrogen and oxygen atoms in total. The van der Waals surface area contributed by atoms with E-state index in [1.165, 1.54) is 6.92 Å². The van der Waals surface area contributed by atoms with E-state index in [9.17, 15) is 14.7 Å². The summed E-state index contributed by atoms with van der Waals surface area (Å²) >= 11 is 5.90. The van der Waals surface area contributed by atoms with Gasteiger partial charge >= 0.3 is 5.97 Å². The van der Waals surface area contributed by atoms with Gasteiger partial charge in [-0.25, -0.2) is 9.86 Å². The molecule has 0 aliphatic carbocycles. The molecule has 0 saturated heterocycles. The number of hydrogen-bond acceptors (Lipinski definition) is 3. The zero-order valence-electron chi connectivity index (χ0n) is 12.5. The summed E-state index contributed by atoms with van der Waals surface area (Å²) in [6.07, 6.45) is 0. The van der Waals surface area contributed by atoms with Crippen LogP contribution in [0.3, 0.4) is 0 Å². The van der Waals surface area contributed by atoms with Crippen LogP contribution in [-0.2, 0) is 16.2 Å². The highest BCUT2D eigenvalue weighted by Gasteiger charge is 2.27. The van der Waals surface area contributed by atoms with Gasteiger partial charge in [0.2, 0.25) is 0 Å². The smallest absolute Gasteiger partial charge is 0.328 e. The Labute approximate surface area is 139 Å². The molecule has 2 rings (SSSR count). The van der Waals surface area contributed by atoms with Crippen LogP contribution in [0.15, 0.2) is 54.6 Å². The number of aliphatic carboxylic acids is 1. The van der Waals surface area contributed by atoms with E-state index in [0.29, 0.717) is 10.6 Å². The van der Waals surface area contributed by atoms with E-state index in [2.05, 4.69) is 0 Å². The van der Waals surface area contributed by atoms with Gasteiger partial charge in [0.05, 0.1) is 0 Å². The molecule has 0 saturated carbocycles. The van der Waals surface area contributed by atoms with E-state index < -0.39 is 17.9 Å². The first-order chi connectivity index (χ1) is 11.0. The van der Waals surface area contributed by atoms with Crippen molar-refractivity contribution in [1.29, 1.82) is 0 Å². The number of rotatable bonds is 6. The van der Waals surface area contributed by atoms with Gasteiger partial charge in [0.25, 0.3) is 5.91 Å². The third kappa shape index (κ3) is 4.55. The summed E-state index contributed by atoms with van der Waals surface area (Å²) in [6.45, 7) is 1.43. The predicted molar refractivity (Wildman–Crippen MR) is 86.0 cm³/mol. The van der Waals surface area contributed by atoms with Crippen LogP contribution in [0.1, 0.15) is 22.8 Å². The Balaban J connectivity index is 2.17. The van der Waals surface area contributed by atoms with Gasteiger partial charge < -0.3 is 5.11 Å². The highest BCUT2D eigenvalue weighted by atomic mass is 35.5. The van der Waals surface area contributed by atoms with E-state index in [1.807, 2.05) is 0 Å². The number of carboxylic acid groups (broad SMARTS) is 1. The number of carbonyl (C=O) groups is 2. The quantitative estimate of drug-likeness (QED) is 0.823. The molecule has 0 heterocycles. The Morgan fingerprint density at radius 1 is 1.17 bits per heavy atom. The Hall–Kier alpha value is -2.37. The number of amides is 1. The summed E-state index contributed by atoms with van der Waals surface area (Å²) in [6, 6.07) is 14.2. The number of halogens is 1. The average molecular weight is 334 g/mol. The number of carbonyl (C=O) groups excluding carboxylic acids is 1. The molecule has 0 aliphatic heterocycles. The molecular formula is C17H16ClNO4. The van der Waals surface area contributed by atoms with Crippen LogP contribution in [0, 0.1) is 0 Å². The maximum atomic E-state index is 12.5. The number of nitrogens with zero attached hydrogens (tertiary/aromatic N) is 1. The van der Waals surface area contributed by atoms with Gasteiger partial charge in [0, 0.05) is 10.6 Å². The van der Waals surface area contributed by atoms with Crippen molar-refractivity contribution in [2.75, 3.05) is 0 Å². The van der Waals surface area contributed by atoms with Gasteiger partial charge in [0.15, 0.2) is 6.04 Å². The van der Waals surface area contributed by atoms with Gasteiger partial charge in [-0.3, -0.25) is 9.63 Å². The van der Waals surface area contributed by atoms with Crippen molar-refractivity contribution < 1.29 is 19.5 Å². The number of hydroxylamine groups is 2. The molecule has 1 amide bonds. The molecule has 2 aromatic carbocycles. The van der Waals surface area contributed by atoms with Gasteiger partial charge in [-0.1, -0.05) is 41.9 Å². The monoisotopic (exact) mass is 333 g/mol. The second-order valence-electron chi connectivity index (χ2n) is 4.91. The largest absolute Gasteiger partial charge is 0.480 e. The molecule has 1 N–H and O–H groups in total. The fourth-order valence-electron chi connectivity index (χ4n) is 1.93. The first kappa shape index (κ1) is 17.0. The molecule has 2 aromatic rings. The standard InChI is InChI=1S/C17H16ClNO4/c1-12(17(21)22)19(16(20)14-7-3-2-4-8-14)23-11-13-6-5-9-15(18)10-13/h2-10,12H,11H2,1H3,(H,21,22). The summed E-state index contributed by atoms with van der Waals surface area (Å²) in [5, 5.41) is 10.6. The van der Waals surface area contributed by atoms with Crippen LogP contribution in [0.5, 0.6) is 0 Å². The lowest BCUT2D eigenvalue weighted by atomic mass is 10.2. The van der Waals surface area contributed by atoms with E-state index in [-0.39, 0.29) is 6.61 Å². The molecule has 0 aromatic heterocycles. The molecule has 23 heavy (non-hydrogen) atoms. The van der Waals surface area contributed by atoms with Crippen LogP contribution in [-0.4, -0.2) is 28.1 Å². The fourth-order valence-corrected chi connectivity index (χ4v) is 2.14. The van der Waals surface area contributed by atoms with Gasteiger partial charge in [0.1, 0.15) is 6.61 Å². The Morgan fingerprint density at radius 3 is 2.48 bits per heavy atom. The highest BCUT2D eigenvalue weighted by Crippen LogP contribution is 2.15. The Bertz CT molecular complexity index is 690. The molecule has 1 unspecified atom stereocenters. The van der Waals surface area contributed by atoms with Crippen molar-refractivity contribution >= 4 is 23.5 Å². The second kappa shape index (κ2) is 7.76. The third-order valence-corrected chi connectivity index (χ3v) is 3.42. The topological polar surface area (TPSA) is 66.8 Å². The molecule has 0 aliphatic rings. The van der Waals surface area contributed by atoms with Crippen molar-refractivity contribution in [3.8, 4) is 0 Å². The summed E-state index contributed by atoms with van der Waals surface area (Å²) < 4.78 is 0. The zero-order chi connectivity index (χ0) is 16.8. The first-order valence-electron chi connectivity index (χ1n) is 6.98. The van der Waals surface area contributed by atoms with E-state index in [4.69, 9.17) is 16.4 Å². The normalized spacial score (nSPS) is 11.7. The Kier molecular flexibility index (Phi) is 5.73. The van der Waals surface area contributed by atoms with Crippen molar-refractivity contribution in [3.63, 3.8) is 0 Å². The SMILES string of the molecule is CC(C(=O)O)N(OCc1cccc(Cl)c1)C(=O)c1ccccc1. The number of hydrogen-bond donors (Lipinski definition) is 1. The lowest BCUT2D eigenvalue weighted by Gasteiger charge is -2.25. The van der Waals surface area contributed by atoms with Crippen molar-refractivity contribution in [1.82, 2.24) is 5.06 Å². The number of benzene rings is 2. The van der Waals surface area contributed by atoms with Gasteiger partial charge in [-0.15, -0.1) is 0 Å². The second-order valence-corrected chi connectivity index (χ2v) is 5.35. The van der Waals surface area contributed by atoms with Crippen molar-refractivity contribution in [2.45, 2.75) is 19.6 Å². The molecule has 6 heteroatoms. The molecular weight excluding hydrogens is 318 g/mol. The fraction of sp³-hybridized carbons (Fsp3) is 0.176. The first-order valence-corrected chi connectivity index (χ1v) is 7.35. The Morgan fingerprint density at radius 2 is 1.87 bits per heavy atom. The summed E-state index contributed by atoms with van der Waals surface area (Å²) in [4.78, 5) is 29.2. The molecule has 1 atom stereocenters. The summed E-state index contributed by atoms with van der Waals surface area (Å²) in [5.74, 6) is -1.66. The minimum absolute atomic E-state index is 0.0384. The van der Waals surface area contributed by atoms with E-state index in [1.54, 1.807) is 54.6 Å². The van der Waals surface area contributed by atoms with Gasteiger partial charge in [-0.2, -0.15) is 0 Å².